The van der Waals surface area contributed by atoms with Crippen molar-refractivity contribution in [1.29, 1.82) is 0 Å². The van der Waals surface area contributed by atoms with Gasteiger partial charge >= 0.3 is 0 Å². The average Bonchev–Trinajstić information content (AvgIpc) is 3.05. The summed E-state index contributed by atoms with van der Waals surface area (Å²) in [6, 6.07) is 0. The number of rotatable bonds is 5. The maximum Gasteiger partial charge on any atom is 0.0653 e. The summed E-state index contributed by atoms with van der Waals surface area (Å²) in [5, 5.41) is 33.8. The SMILES string of the molecule is C=C(C)CCC[C@](C)(O)[C@H]1CCC2C3C(CC[C@@]21C)[C@@]1(C)CC[C@H](O)C[C@@H]1[C@@H](O)C3(C)C. The minimum atomic E-state index is -0.634. The monoisotopic (exact) mass is 446 g/mol. The Kier molecular flexibility index (Phi) is 6.25. The first-order valence-corrected chi connectivity index (χ1v) is 13.5. The predicted octanol–water partition coefficient (Wildman–Crippen LogP) is 6.11. The van der Waals surface area contributed by atoms with Crippen molar-refractivity contribution in [3.05, 3.63) is 12.2 Å². The molecule has 0 aliphatic heterocycles. The topological polar surface area (TPSA) is 60.7 Å². The molecular weight excluding hydrogens is 396 g/mol. The lowest BCUT2D eigenvalue weighted by Crippen LogP contribution is -2.65. The summed E-state index contributed by atoms with van der Waals surface area (Å²) < 4.78 is 0. The number of hydrogen-bond donors (Lipinski definition) is 3. The molecule has 32 heavy (non-hydrogen) atoms. The van der Waals surface area contributed by atoms with Crippen molar-refractivity contribution in [2.45, 2.75) is 124 Å². The minimum absolute atomic E-state index is 0.127. The summed E-state index contributed by atoms with van der Waals surface area (Å²) in [5.41, 5.74) is 0.684. The number of aliphatic hydroxyl groups is 3. The smallest absolute Gasteiger partial charge is 0.0653 e. The maximum atomic E-state index is 11.7. The van der Waals surface area contributed by atoms with Crippen LogP contribution in [0, 0.1) is 45.8 Å². The van der Waals surface area contributed by atoms with Gasteiger partial charge in [0.1, 0.15) is 0 Å². The summed E-state index contributed by atoms with van der Waals surface area (Å²) in [5.74, 6) is 2.20. The van der Waals surface area contributed by atoms with E-state index < -0.39 is 5.60 Å². The molecule has 4 fully saturated rings. The second-order valence-electron chi connectivity index (χ2n) is 13.9. The van der Waals surface area contributed by atoms with Crippen molar-refractivity contribution in [1.82, 2.24) is 0 Å². The molecule has 0 bridgehead atoms. The Labute approximate surface area is 197 Å². The highest BCUT2D eigenvalue weighted by molar-refractivity contribution is 5.17. The molecule has 3 heteroatoms. The van der Waals surface area contributed by atoms with Gasteiger partial charge in [0.15, 0.2) is 0 Å². The molecule has 0 heterocycles. The molecule has 0 aromatic carbocycles. The maximum absolute atomic E-state index is 11.7. The van der Waals surface area contributed by atoms with Crippen LogP contribution in [0.15, 0.2) is 12.2 Å². The lowest BCUT2D eigenvalue weighted by Gasteiger charge is -2.67. The summed E-state index contributed by atoms with van der Waals surface area (Å²) in [6.07, 6.45) is 9.60. The molecule has 3 nitrogen and oxygen atoms in total. The van der Waals surface area contributed by atoms with Crippen LogP contribution >= 0.6 is 0 Å². The number of aliphatic hydroxyl groups excluding tert-OH is 2. The van der Waals surface area contributed by atoms with Crippen molar-refractivity contribution in [2.75, 3.05) is 0 Å². The fourth-order valence-corrected chi connectivity index (χ4v) is 9.87. The standard InChI is InChI=1S/C29H50O3/c1-18(2)9-8-14-29(7,32)23-11-10-20-24-21(13-16-28(20,23)6)27(5)15-12-19(30)17-22(27)25(31)26(24,3)4/h19-25,30-32H,1,8-17H2,2-7H3/t19-,20?,21?,22+,23-,24?,25+,27+,28-,29-/m0/s1. The Balaban J connectivity index is 1.63. The zero-order valence-corrected chi connectivity index (χ0v) is 21.7. The quantitative estimate of drug-likeness (QED) is 0.446. The molecule has 0 aromatic rings. The van der Waals surface area contributed by atoms with E-state index in [2.05, 4.69) is 48.1 Å². The Bertz CT molecular complexity index is 726. The highest BCUT2D eigenvalue weighted by Gasteiger charge is 2.68. The molecule has 0 aromatic heterocycles. The molecule has 4 aliphatic carbocycles. The average molecular weight is 447 g/mol. The van der Waals surface area contributed by atoms with Crippen molar-refractivity contribution >= 4 is 0 Å². The fraction of sp³-hybridized carbons (Fsp3) is 0.931. The van der Waals surface area contributed by atoms with E-state index in [9.17, 15) is 15.3 Å². The predicted molar refractivity (Wildman–Crippen MR) is 131 cm³/mol. The van der Waals surface area contributed by atoms with E-state index in [1.807, 2.05) is 0 Å². The minimum Gasteiger partial charge on any atom is -0.393 e. The largest absolute Gasteiger partial charge is 0.393 e. The molecule has 4 aliphatic rings. The van der Waals surface area contributed by atoms with Gasteiger partial charge in [-0.15, -0.1) is 6.58 Å². The Morgan fingerprint density at radius 2 is 1.56 bits per heavy atom. The Morgan fingerprint density at radius 1 is 0.938 bits per heavy atom. The van der Waals surface area contributed by atoms with Crippen LogP contribution in [0.1, 0.15) is 106 Å². The first-order valence-electron chi connectivity index (χ1n) is 13.5. The Morgan fingerprint density at radius 3 is 2.22 bits per heavy atom. The van der Waals surface area contributed by atoms with Crippen LogP contribution in [0.3, 0.4) is 0 Å². The van der Waals surface area contributed by atoms with Gasteiger partial charge in [-0.3, -0.25) is 0 Å². The third-order valence-electron chi connectivity index (χ3n) is 11.5. The molecule has 0 spiro atoms. The lowest BCUT2D eigenvalue weighted by molar-refractivity contribution is -0.234. The summed E-state index contributed by atoms with van der Waals surface area (Å²) in [6.45, 7) is 17.7. The van der Waals surface area contributed by atoms with Crippen LogP contribution in [-0.4, -0.2) is 33.1 Å². The molecular formula is C29H50O3. The van der Waals surface area contributed by atoms with Crippen LogP contribution in [0.5, 0.6) is 0 Å². The fourth-order valence-electron chi connectivity index (χ4n) is 9.87. The van der Waals surface area contributed by atoms with E-state index in [1.165, 1.54) is 24.8 Å². The van der Waals surface area contributed by atoms with Gasteiger partial charge < -0.3 is 15.3 Å². The van der Waals surface area contributed by atoms with Gasteiger partial charge in [-0.2, -0.15) is 0 Å². The first-order chi connectivity index (χ1) is 14.7. The number of fused-ring (bicyclic) bond motifs is 5. The normalized spacial score (nSPS) is 49.5. The van der Waals surface area contributed by atoms with E-state index >= 15 is 0 Å². The Hall–Kier alpha value is -0.380. The molecule has 10 atom stereocenters. The van der Waals surface area contributed by atoms with Crippen molar-refractivity contribution < 1.29 is 15.3 Å². The van der Waals surface area contributed by atoms with E-state index in [0.717, 1.165) is 44.9 Å². The molecule has 3 N–H and O–H groups in total. The van der Waals surface area contributed by atoms with Gasteiger partial charge in [0.25, 0.3) is 0 Å². The van der Waals surface area contributed by atoms with Crippen molar-refractivity contribution in [2.24, 2.45) is 45.8 Å². The van der Waals surface area contributed by atoms with E-state index in [1.54, 1.807) is 0 Å². The molecule has 0 amide bonds. The van der Waals surface area contributed by atoms with Crippen LogP contribution < -0.4 is 0 Å². The van der Waals surface area contributed by atoms with Gasteiger partial charge in [0, 0.05) is 0 Å². The van der Waals surface area contributed by atoms with Gasteiger partial charge in [-0.25, -0.2) is 0 Å². The summed E-state index contributed by atoms with van der Waals surface area (Å²) in [7, 11) is 0. The highest BCUT2D eigenvalue weighted by atomic mass is 16.3. The molecule has 0 saturated heterocycles. The van der Waals surface area contributed by atoms with Gasteiger partial charge in [0.2, 0.25) is 0 Å². The summed E-state index contributed by atoms with van der Waals surface area (Å²) in [4.78, 5) is 0. The molecule has 4 saturated carbocycles. The third kappa shape index (κ3) is 3.64. The first kappa shape index (κ1) is 24.7. The number of hydrogen-bond acceptors (Lipinski definition) is 3. The molecule has 4 rings (SSSR count). The van der Waals surface area contributed by atoms with Crippen molar-refractivity contribution in [3.63, 3.8) is 0 Å². The van der Waals surface area contributed by atoms with Gasteiger partial charge in [0.05, 0.1) is 17.8 Å². The highest BCUT2D eigenvalue weighted by Crippen LogP contribution is 2.72. The third-order valence-corrected chi connectivity index (χ3v) is 11.5. The summed E-state index contributed by atoms with van der Waals surface area (Å²) >= 11 is 0. The zero-order chi connectivity index (χ0) is 23.7. The van der Waals surface area contributed by atoms with Crippen LogP contribution in [0.4, 0.5) is 0 Å². The molecule has 3 unspecified atom stereocenters. The van der Waals surface area contributed by atoms with Gasteiger partial charge in [-0.05, 0) is 124 Å². The molecule has 184 valence electrons. The van der Waals surface area contributed by atoms with Crippen molar-refractivity contribution in [3.8, 4) is 0 Å². The molecule has 0 radical (unpaired) electrons. The van der Waals surface area contributed by atoms with Crippen LogP contribution in [0.2, 0.25) is 0 Å². The van der Waals surface area contributed by atoms with Gasteiger partial charge in [-0.1, -0.05) is 33.3 Å². The lowest BCUT2D eigenvalue weighted by atomic mass is 9.38. The van der Waals surface area contributed by atoms with Crippen LogP contribution in [-0.2, 0) is 0 Å². The van der Waals surface area contributed by atoms with Crippen LogP contribution in [0.25, 0.3) is 0 Å². The second-order valence-corrected chi connectivity index (χ2v) is 13.9. The van der Waals surface area contributed by atoms with E-state index in [4.69, 9.17) is 0 Å². The second kappa shape index (κ2) is 8.09. The van der Waals surface area contributed by atoms with E-state index in [0.29, 0.717) is 23.7 Å². The zero-order valence-electron chi connectivity index (χ0n) is 21.7. The van der Waals surface area contributed by atoms with E-state index in [-0.39, 0.29) is 34.4 Å². The number of allylic oxidation sites excluding steroid dienone is 1.